The van der Waals surface area contributed by atoms with Gasteiger partial charge in [-0.15, -0.1) is 0 Å². The molecule has 0 unspecified atom stereocenters. The van der Waals surface area contributed by atoms with Crippen LogP contribution in [-0.2, 0) is 11.3 Å². The van der Waals surface area contributed by atoms with Gasteiger partial charge in [0, 0.05) is 64.5 Å². The summed E-state index contributed by atoms with van der Waals surface area (Å²) in [7, 11) is 3.50. The maximum Gasteiger partial charge on any atom is 0.319 e. The molecule has 1 aromatic rings. The van der Waals surface area contributed by atoms with E-state index in [0.717, 1.165) is 24.5 Å². The molecule has 0 bridgehead atoms. The zero-order valence-electron chi connectivity index (χ0n) is 16.4. The standard InChI is InChI=1S/C19H31N5O2/c1-5-23(6-2)17-16(8-7-11-20-17)14-21-18(25)15-9-12-24(13-10-15)19(26)22(3)4/h7-8,11,15H,5-6,9-10,12-14H2,1-4H3,(H,21,25). The number of carbonyl (C=O) groups is 2. The van der Waals surface area contributed by atoms with E-state index in [-0.39, 0.29) is 17.9 Å². The molecule has 1 fully saturated rings. The molecule has 7 nitrogen and oxygen atoms in total. The lowest BCUT2D eigenvalue weighted by atomic mass is 9.96. The Morgan fingerprint density at radius 1 is 1.23 bits per heavy atom. The number of carbonyl (C=O) groups excluding carboxylic acids is 2. The van der Waals surface area contributed by atoms with Crippen molar-refractivity contribution in [2.45, 2.75) is 33.2 Å². The minimum Gasteiger partial charge on any atom is -0.357 e. The normalized spacial score (nSPS) is 14.8. The molecular weight excluding hydrogens is 330 g/mol. The lowest BCUT2D eigenvalue weighted by Gasteiger charge is -2.33. The van der Waals surface area contributed by atoms with Crippen LogP contribution in [0.3, 0.4) is 0 Å². The van der Waals surface area contributed by atoms with Crippen LogP contribution in [0.2, 0.25) is 0 Å². The van der Waals surface area contributed by atoms with E-state index >= 15 is 0 Å². The summed E-state index contributed by atoms with van der Waals surface area (Å²) in [4.78, 5) is 34.6. The first-order valence-corrected chi connectivity index (χ1v) is 9.40. The van der Waals surface area contributed by atoms with Crippen LogP contribution >= 0.6 is 0 Å². The molecule has 3 amide bonds. The molecule has 144 valence electrons. The molecule has 0 radical (unpaired) electrons. The number of aromatic nitrogens is 1. The van der Waals surface area contributed by atoms with E-state index in [1.807, 2.05) is 17.0 Å². The zero-order chi connectivity index (χ0) is 19.1. The zero-order valence-corrected chi connectivity index (χ0v) is 16.4. The summed E-state index contributed by atoms with van der Waals surface area (Å²) in [5.41, 5.74) is 1.03. The van der Waals surface area contributed by atoms with Crippen LogP contribution < -0.4 is 10.2 Å². The number of likely N-dealkylation sites (tertiary alicyclic amines) is 1. The Morgan fingerprint density at radius 2 is 1.88 bits per heavy atom. The molecule has 2 heterocycles. The molecule has 0 saturated carbocycles. The molecule has 1 aromatic heterocycles. The predicted octanol–water partition coefficient (Wildman–Crippen LogP) is 1.94. The van der Waals surface area contributed by atoms with Gasteiger partial charge in [-0.3, -0.25) is 4.79 Å². The van der Waals surface area contributed by atoms with Gasteiger partial charge in [0.05, 0.1) is 0 Å². The number of anilines is 1. The molecular formula is C19H31N5O2. The Bertz CT molecular complexity index is 608. The van der Waals surface area contributed by atoms with Gasteiger partial charge < -0.3 is 20.0 Å². The molecule has 0 atom stereocenters. The van der Waals surface area contributed by atoms with E-state index in [9.17, 15) is 9.59 Å². The van der Waals surface area contributed by atoms with E-state index in [1.54, 1.807) is 25.2 Å². The van der Waals surface area contributed by atoms with E-state index < -0.39 is 0 Å². The largest absolute Gasteiger partial charge is 0.357 e. The number of urea groups is 1. The van der Waals surface area contributed by atoms with Crippen molar-refractivity contribution in [3.63, 3.8) is 0 Å². The van der Waals surface area contributed by atoms with Crippen LogP contribution in [0.15, 0.2) is 18.3 Å². The van der Waals surface area contributed by atoms with Crippen LogP contribution in [-0.4, -0.2) is 67.0 Å². The van der Waals surface area contributed by atoms with Crippen molar-refractivity contribution in [2.75, 3.05) is 45.2 Å². The van der Waals surface area contributed by atoms with Crippen molar-refractivity contribution < 1.29 is 9.59 Å². The molecule has 7 heteroatoms. The second-order valence-electron chi connectivity index (χ2n) is 6.81. The van der Waals surface area contributed by atoms with Crippen molar-refractivity contribution in [2.24, 2.45) is 5.92 Å². The quantitative estimate of drug-likeness (QED) is 0.841. The molecule has 0 aliphatic carbocycles. The predicted molar refractivity (Wildman–Crippen MR) is 103 cm³/mol. The Morgan fingerprint density at radius 3 is 2.46 bits per heavy atom. The summed E-state index contributed by atoms with van der Waals surface area (Å²) in [6.45, 7) is 7.71. The SMILES string of the molecule is CCN(CC)c1ncccc1CNC(=O)C1CCN(C(=O)N(C)C)CC1. The smallest absolute Gasteiger partial charge is 0.319 e. The Hall–Kier alpha value is -2.31. The number of piperidine rings is 1. The fraction of sp³-hybridized carbons (Fsp3) is 0.632. The summed E-state index contributed by atoms with van der Waals surface area (Å²) in [6.07, 6.45) is 3.21. The third kappa shape index (κ3) is 4.86. The average molecular weight is 361 g/mol. The Balaban J connectivity index is 1.89. The highest BCUT2D eigenvalue weighted by Crippen LogP contribution is 2.20. The molecule has 0 aromatic carbocycles. The molecule has 26 heavy (non-hydrogen) atoms. The van der Waals surface area contributed by atoms with Crippen molar-refractivity contribution in [1.29, 1.82) is 0 Å². The molecule has 1 N–H and O–H groups in total. The first-order chi connectivity index (χ1) is 12.5. The third-order valence-corrected chi connectivity index (χ3v) is 4.90. The van der Waals surface area contributed by atoms with Crippen molar-refractivity contribution in [1.82, 2.24) is 20.1 Å². The monoisotopic (exact) mass is 361 g/mol. The summed E-state index contributed by atoms with van der Waals surface area (Å²) < 4.78 is 0. The highest BCUT2D eigenvalue weighted by Gasteiger charge is 2.28. The number of nitrogens with one attached hydrogen (secondary N) is 1. The minimum atomic E-state index is -0.0326. The minimum absolute atomic E-state index is 0.0167. The van der Waals surface area contributed by atoms with E-state index in [1.165, 1.54) is 0 Å². The number of nitrogens with zero attached hydrogens (tertiary/aromatic N) is 4. The number of amides is 3. The molecule has 0 spiro atoms. The molecule has 1 saturated heterocycles. The number of pyridine rings is 1. The van der Waals surface area contributed by atoms with Gasteiger partial charge in [-0.25, -0.2) is 9.78 Å². The van der Waals surface area contributed by atoms with Gasteiger partial charge >= 0.3 is 6.03 Å². The maximum atomic E-state index is 12.5. The summed E-state index contributed by atoms with van der Waals surface area (Å²) in [6, 6.07) is 3.93. The lowest BCUT2D eigenvalue weighted by Crippen LogP contribution is -2.46. The Kier molecular flexibility index (Phi) is 7.24. The molecule has 1 aliphatic rings. The van der Waals surface area contributed by atoms with Crippen LogP contribution in [0, 0.1) is 5.92 Å². The van der Waals surface area contributed by atoms with Gasteiger partial charge in [0.1, 0.15) is 5.82 Å². The van der Waals surface area contributed by atoms with Gasteiger partial charge in [0.25, 0.3) is 0 Å². The van der Waals surface area contributed by atoms with Gasteiger partial charge in [-0.1, -0.05) is 6.07 Å². The lowest BCUT2D eigenvalue weighted by molar-refractivity contribution is -0.126. The van der Waals surface area contributed by atoms with Crippen molar-refractivity contribution in [3.05, 3.63) is 23.9 Å². The summed E-state index contributed by atoms with van der Waals surface area (Å²) in [5.74, 6) is 0.968. The van der Waals surface area contributed by atoms with Crippen molar-refractivity contribution >= 4 is 17.8 Å². The first kappa shape index (κ1) is 20.0. The third-order valence-electron chi connectivity index (χ3n) is 4.90. The van der Waals surface area contributed by atoms with Crippen LogP contribution in [0.4, 0.5) is 10.6 Å². The van der Waals surface area contributed by atoms with Crippen LogP contribution in [0.25, 0.3) is 0 Å². The van der Waals surface area contributed by atoms with Gasteiger partial charge in [0.2, 0.25) is 5.91 Å². The van der Waals surface area contributed by atoms with Crippen LogP contribution in [0.1, 0.15) is 32.3 Å². The maximum absolute atomic E-state index is 12.5. The van der Waals surface area contributed by atoms with Crippen molar-refractivity contribution in [3.8, 4) is 0 Å². The van der Waals surface area contributed by atoms with Gasteiger partial charge in [0.15, 0.2) is 0 Å². The average Bonchev–Trinajstić information content (AvgIpc) is 2.67. The molecule has 2 rings (SSSR count). The van der Waals surface area contributed by atoms with E-state index in [2.05, 4.69) is 29.0 Å². The Labute approximate surface area is 156 Å². The second-order valence-corrected chi connectivity index (χ2v) is 6.81. The fourth-order valence-electron chi connectivity index (χ4n) is 3.32. The summed E-state index contributed by atoms with van der Waals surface area (Å²) >= 11 is 0. The summed E-state index contributed by atoms with van der Waals surface area (Å²) in [5, 5.41) is 3.06. The highest BCUT2D eigenvalue weighted by atomic mass is 16.2. The first-order valence-electron chi connectivity index (χ1n) is 9.40. The van der Waals surface area contributed by atoms with Crippen LogP contribution in [0.5, 0.6) is 0 Å². The number of hydrogen-bond donors (Lipinski definition) is 1. The fourth-order valence-corrected chi connectivity index (χ4v) is 3.32. The molecule has 1 aliphatic heterocycles. The van der Waals surface area contributed by atoms with Gasteiger partial charge in [-0.05, 0) is 32.8 Å². The highest BCUT2D eigenvalue weighted by molar-refractivity contribution is 5.79. The number of hydrogen-bond acceptors (Lipinski definition) is 4. The van der Waals surface area contributed by atoms with Gasteiger partial charge in [-0.2, -0.15) is 0 Å². The van der Waals surface area contributed by atoms with E-state index in [4.69, 9.17) is 0 Å². The number of rotatable bonds is 6. The van der Waals surface area contributed by atoms with E-state index in [0.29, 0.717) is 32.5 Å². The topological polar surface area (TPSA) is 68.8 Å². The second kappa shape index (κ2) is 9.40.